The van der Waals surface area contributed by atoms with Gasteiger partial charge >= 0.3 is 0 Å². The van der Waals surface area contributed by atoms with Gasteiger partial charge in [0.15, 0.2) is 0 Å². The summed E-state index contributed by atoms with van der Waals surface area (Å²) >= 11 is 0. The van der Waals surface area contributed by atoms with Gasteiger partial charge in [0.25, 0.3) is 0 Å². The Morgan fingerprint density at radius 3 is 2.83 bits per heavy atom. The standard InChI is InChI=1S/C13H19N3O2/c1-10(16-11(2)17)8-13(18)15-7-5-12-4-3-6-14-9-12/h3-4,6,9-10H,5,7-8H2,1-2H3,(H,15,18)(H,16,17). The van der Waals surface area contributed by atoms with E-state index in [9.17, 15) is 9.59 Å². The Kier molecular flexibility index (Phi) is 5.84. The van der Waals surface area contributed by atoms with Gasteiger partial charge in [-0.2, -0.15) is 0 Å². The van der Waals surface area contributed by atoms with E-state index in [1.807, 2.05) is 19.1 Å². The fourth-order valence-corrected chi connectivity index (χ4v) is 1.64. The van der Waals surface area contributed by atoms with Crippen LogP contribution in [0.25, 0.3) is 0 Å². The molecule has 0 aliphatic heterocycles. The minimum Gasteiger partial charge on any atom is -0.356 e. The Morgan fingerprint density at radius 2 is 2.22 bits per heavy atom. The summed E-state index contributed by atoms with van der Waals surface area (Å²) in [4.78, 5) is 26.3. The molecule has 1 atom stereocenters. The minimum absolute atomic E-state index is 0.0554. The van der Waals surface area contributed by atoms with Gasteiger partial charge < -0.3 is 10.6 Å². The Morgan fingerprint density at radius 1 is 1.44 bits per heavy atom. The van der Waals surface area contributed by atoms with Crippen molar-refractivity contribution in [2.75, 3.05) is 6.54 Å². The van der Waals surface area contributed by atoms with Gasteiger partial charge in [-0.15, -0.1) is 0 Å². The van der Waals surface area contributed by atoms with Crippen LogP contribution in [0.15, 0.2) is 24.5 Å². The molecule has 0 fully saturated rings. The number of rotatable bonds is 6. The number of pyridine rings is 1. The van der Waals surface area contributed by atoms with Crippen molar-refractivity contribution in [2.24, 2.45) is 0 Å². The van der Waals surface area contributed by atoms with Crippen LogP contribution in [0.2, 0.25) is 0 Å². The second-order valence-corrected chi connectivity index (χ2v) is 4.27. The van der Waals surface area contributed by atoms with Crippen LogP contribution in [0.1, 0.15) is 25.8 Å². The Labute approximate surface area is 107 Å². The van der Waals surface area contributed by atoms with Crippen molar-refractivity contribution in [1.82, 2.24) is 15.6 Å². The van der Waals surface area contributed by atoms with Gasteiger partial charge in [-0.05, 0) is 25.0 Å². The van der Waals surface area contributed by atoms with Crippen LogP contribution in [0.3, 0.4) is 0 Å². The third-order valence-electron chi connectivity index (χ3n) is 2.40. The van der Waals surface area contributed by atoms with Crippen molar-refractivity contribution in [3.8, 4) is 0 Å². The summed E-state index contributed by atoms with van der Waals surface area (Å²) in [5, 5.41) is 5.49. The Bertz CT molecular complexity index is 392. The van der Waals surface area contributed by atoms with E-state index < -0.39 is 0 Å². The third-order valence-corrected chi connectivity index (χ3v) is 2.40. The van der Waals surface area contributed by atoms with E-state index in [0.29, 0.717) is 13.0 Å². The van der Waals surface area contributed by atoms with Crippen molar-refractivity contribution < 1.29 is 9.59 Å². The van der Waals surface area contributed by atoms with E-state index in [0.717, 1.165) is 12.0 Å². The molecule has 1 unspecified atom stereocenters. The highest BCUT2D eigenvalue weighted by molar-refractivity contribution is 5.78. The number of carbonyl (C=O) groups excluding carboxylic acids is 2. The third kappa shape index (κ3) is 5.98. The number of amides is 2. The highest BCUT2D eigenvalue weighted by Crippen LogP contribution is 1.96. The van der Waals surface area contributed by atoms with Crippen LogP contribution in [-0.4, -0.2) is 29.4 Å². The second-order valence-electron chi connectivity index (χ2n) is 4.27. The SMILES string of the molecule is CC(=O)NC(C)CC(=O)NCCc1cccnc1. The zero-order valence-corrected chi connectivity index (χ0v) is 10.8. The monoisotopic (exact) mass is 249 g/mol. The first kappa shape index (κ1) is 14.2. The number of aromatic nitrogens is 1. The summed E-state index contributed by atoms with van der Waals surface area (Å²) < 4.78 is 0. The van der Waals surface area contributed by atoms with E-state index in [-0.39, 0.29) is 17.9 Å². The minimum atomic E-state index is -0.138. The smallest absolute Gasteiger partial charge is 0.222 e. The highest BCUT2D eigenvalue weighted by Gasteiger charge is 2.09. The van der Waals surface area contributed by atoms with E-state index in [2.05, 4.69) is 15.6 Å². The van der Waals surface area contributed by atoms with E-state index in [1.165, 1.54) is 6.92 Å². The summed E-state index contributed by atoms with van der Waals surface area (Å²) in [6.45, 7) is 3.83. The van der Waals surface area contributed by atoms with E-state index in [4.69, 9.17) is 0 Å². The maximum Gasteiger partial charge on any atom is 0.222 e. The first-order valence-electron chi connectivity index (χ1n) is 6.00. The van der Waals surface area contributed by atoms with Crippen molar-refractivity contribution in [3.05, 3.63) is 30.1 Å². The number of hydrogen-bond acceptors (Lipinski definition) is 3. The number of nitrogens with one attached hydrogen (secondary N) is 2. The van der Waals surface area contributed by atoms with Gasteiger partial charge in [-0.3, -0.25) is 14.6 Å². The average Bonchev–Trinajstić information content (AvgIpc) is 2.29. The highest BCUT2D eigenvalue weighted by atomic mass is 16.2. The lowest BCUT2D eigenvalue weighted by Crippen LogP contribution is -2.36. The number of nitrogens with zero attached hydrogens (tertiary/aromatic N) is 1. The summed E-state index contributed by atoms with van der Waals surface area (Å²) in [6.07, 6.45) is 4.56. The molecule has 0 saturated carbocycles. The quantitative estimate of drug-likeness (QED) is 0.778. The first-order chi connectivity index (χ1) is 8.58. The molecule has 0 radical (unpaired) electrons. The molecular formula is C13H19N3O2. The van der Waals surface area contributed by atoms with Crippen molar-refractivity contribution in [2.45, 2.75) is 32.7 Å². The lowest BCUT2D eigenvalue weighted by atomic mass is 10.2. The molecule has 1 heterocycles. The van der Waals surface area contributed by atoms with Gasteiger partial charge in [-0.1, -0.05) is 6.07 Å². The van der Waals surface area contributed by atoms with E-state index in [1.54, 1.807) is 12.4 Å². The predicted molar refractivity (Wildman–Crippen MR) is 68.8 cm³/mol. The van der Waals surface area contributed by atoms with Crippen LogP contribution >= 0.6 is 0 Å². The summed E-state index contributed by atoms with van der Waals surface area (Å²) in [5.74, 6) is -0.175. The molecule has 1 aromatic heterocycles. The molecule has 0 saturated heterocycles. The normalized spacial score (nSPS) is 11.7. The molecular weight excluding hydrogens is 230 g/mol. The van der Waals surface area contributed by atoms with Crippen LogP contribution in [-0.2, 0) is 16.0 Å². The number of carbonyl (C=O) groups is 2. The molecule has 0 bridgehead atoms. The molecule has 18 heavy (non-hydrogen) atoms. The molecule has 5 nitrogen and oxygen atoms in total. The summed E-state index contributed by atoms with van der Waals surface area (Å²) in [6, 6.07) is 3.70. The summed E-state index contributed by atoms with van der Waals surface area (Å²) in [5.41, 5.74) is 1.09. The zero-order valence-electron chi connectivity index (χ0n) is 10.8. The van der Waals surface area contributed by atoms with Crippen LogP contribution in [0.4, 0.5) is 0 Å². The topological polar surface area (TPSA) is 71.1 Å². The molecule has 0 aromatic carbocycles. The molecule has 0 aliphatic rings. The number of hydrogen-bond donors (Lipinski definition) is 2. The maximum atomic E-state index is 11.5. The molecule has 2 N–H and O–H groups in total. The first-order valence-corrected chi connectivity index (χ1v) is 6.00. The second kappa shape index (κ2) is 7.42. The lowest BCUT2D eigenvalue weighted by Gasteiger charge is -2.12. The maximum absolute atomic E-state index is 11.5. The van der Waals surface area contributed by atoms with Gasteiger partial charge in [0.2, 0.25) is 11.8 Å². The van der Waals surface area contributed by atoms with Crippen molar-refractivity contribution in [3.63, 3.8) is 0 Å². The largest absolute Gasteiger partial charge is 0.356 e. The molecule has 1 aromatic rings. The van der Waals surface area contributed by atoms with Crippen LogP contribution in [0, 0.1) is 0 Å². The zero-order chi connectivity index (χ0) is 13.4. The van der Waals surface area contributed by atoms with Gasteiger partial charge in [0.1, 0.15) is 0 Å². The molecule has 5 heteroatoms. The predicted octanol–water partition coefficient (Wildman–Crippen LogP) is 0.655. The molecule has 1 rings (SSSR count). The average molecular weight is 249 g/mol. The van der Waals surface area contributed by atoms with Gasteiger partial charge in [0.05, 0.1) is 0 Å². The van der Waals surface area contributed by atoms with Crippen molar-refractivity contribution >= 4 is 11.8 Å². The molecule has 2 amide bonds. The van der Waals surface area contributed by atoms with Crippen LogP contribution < -0.4 is 10.6 Å². The Balaban J connectivity index is 2.19. The van der Waals surface area contributed by atoms with Crippen LogP contribution in [0.5, 0.6) is 0 Å². The van der Waals surface area contributed by atoms with Gasteiger partial charge in [-0.25, -0.2) is 0 Å². The van der Waals surface area contributed by atoms with Crippen molar-refractivity contribution in [1.29, 1.82) is 0 Å². The fraction of sp³-hybridized carbons (Fsp3) is 0.462. The molecule has 0 spiro atoms. The Hall–Kier alpha value is -1.91. The lowest BCUT2D eigenvalue weighted by molar-refractivity contribution is -0.122. The molecule has 98 valence electrons. The van der Waals surface area contributed by atoms with Gasteiger partial charge in [0, 0.05) is 38.3 Å². The van der Waals surface area contributed by atoms with E-state index >= 15 is 0 Å². The summed E-state index contributed by atoms with van der Waals surface area (Å²) in [7, 11) is 0. The fourth-order valence-electron chi connectivity index (χ4n) is 1.64. The molecule has 0 aliphatic carbocycles.